The highest BCUT2D eigenvalue weighted by Gasteiger charge is 2.16. The Morgan fingerprint density at radius 2 is 2.00 bits per heavy atom. The molecule has 1 atom stereocenters. The van der Waals surface area contributed by atoms with Gasteiger partial charge < -0.3 is 10.4 Å². The predicted molar refractivity (Wildman–Crippen MR) is 67.9 cm³/mol. The number of rotatable bonds is 6. The smallest absolute Gasteiger partial charge is 0.322 e. The van der Waals surface area contributed by atoms with Crippen molar-refractivity contribution < 1.29 is 14.7 Å². The number of benzene rings is 1. The standard InChI is InChI=1S/C12H13NO3S/c14-11(15)7-13-12(16)10(8-17)6-9-4-2-1-3-5-9/h1-5,8,10H,6-7H2,(H,13,16)(H,14,15)/t10-/m0/s1. The fourth-order valence-corrected chi connectivity index (χ4v) is 1.58. The van der Waals surface area contributed by atoms with Gasteiger partial charge in [-0.25, -0.2) is 0 Å². The van der Waals surface area contributed by atoms with E-state index in [1.807, 2.05) is 30.3 Å². The van der Waals surface area contributed by atoms with Crippen LogP contribution in [0.3, 0.4) is 0 Å². The monoisotopic (exact) mass is 251 g/mol. The number of thiocarbonyl (C=S) groups is 1. The van der Waals surface area contributed by atoms with Crippen LogP contribution in [0.2, 0.25) is 0 Å². The molecule has 0 unspecified atom stereocenters. The van der Waals surface area contributed by atoms with Crippen LogP contribution in [0.4, 0.5) is 0 Å². The van der Waals surface area contributed by atoms with Gasteiger partial charge in [-0.2, -0.15) is 0 Å². The molecule has 0 saturated carbocycles. The van der Waals surface area contributed by atoms with Crippen molar-refractivity contribution in [1.82, 2.24) is 5.32 Å². The first-order valence-electron chi connectivity index (χ1n) is 5.12. The maximum absolute atomic E-state index is 11.6. The largest absolute Gasteiger partial charge is 0.480 e. The maximum atomic E-state index is 11.6. The molecule has 0 saturated heterocycles. The highest BCUT2D eigenvalue weighted by Crippen LogP contribution is 2.07. The molecule has 1 aromatic rings. The summed E-state index contributed by atoms with van der Waals surface area (Å²) in [6, 6.07) is 9.45. The molecule has 0 aliphatic carbocycles. The van der Waals surface area contributed by atoms with E-state index in [2.05, 4.69) is 5.32 Å². The van der Waals surface area contributed by atoms with Crippen LogP contribution in [-0.2, 0) is 16.0 Å². The lowest BCUT2D eigenvalue weighted by Crippen LogP contribution is -2.35. The minimum absolute atomic E-state index is 0.355. The number of hydrogen-bond acceptors (Lipinski definition) is 3. The van der Waals surface area contributed by atoms with Crippen LogP contribution < -0.4 is 5.32 Å². The second kappa shape index (κ2) is 6.75. The maximum Gasteiger partial charge on any atom is 0.322 e. The van der Waals surface area contributed by atoms with E-state index in [1.165, 1.54) is 5.37 Å². The molecule has 17 heavy (non-hydrogen) atoms. The van der Waals surface area contributed by atoms with Gasteiger partial charge in [0.05, 0.1) is 5.92 Å². The van der Waals surface area contributed by atoms with Crippen molar-refractivity contribution in [3.05, 3.63) is 35.9 Å². The Morgan fingerprint density at radius 1 is 1.35 bits per heavy atom. The molecular weight excluding hydrogens is 238 g/mol. The minimum atomic E-state index is -1.07. The van der Waals surface area contributed by atoms with Gasteiger partial charge in [0.2, 0.25) is 5.91 Å². The van der Waals surface area contributed by atoms with E-state index in [9.17, 15) is 9.59 Å². The molecule has 1 amide bonds. The summed E-state index contributed by atoms with van der Waals surface area (Å²) in [5.41, 5.74) is 0.990. The third kappa shape index (κ3) is 4.74. The van der Waals surface area contributed by atoms with Crippen LogP contribution in [0.15, 0.2) is 30.3 Å². The Morgan fingerprint density at radius 3 is 2.53 bits per heavy atom. The zero-order valence-electron chi connectivity index (χ0n) is 9.13. The number of carbonyl (C=O) groups excluding carboxylic acids is 1. The normalized spacial score (nSPS) is 11.5. The van der Waals surface area contributed by atoms with E-state index in [0.29, 0.717) is 6.42 Å². The molecule has 0 heterocycles. The van der Waals surface area contributed by atoms with Crippen LogP contribution in [0, 0.1) is 5.92 Å². The summed E-state index contributed by atoms with van der Waals surface area (Å²) in [5, 5.41) is 12.1. The summed E-state index contributed by atoms with van der Waals surface area (Å²) in [6.07, 6.45) is 0.482. The third-order valence-corrected chi connectivity index (χ3v) is 2.54. The van der Waals surface area contributed by atoms with Crippen LogP contribution >= 0.6 is 12.2 Å². The van der Waals surface area contributed by atoms with Crippen molar-refractivity contribution in [1.29, 1.82) is 0 Å². The number of aliphatic carboxylic acids is 1. The number of carboxylic acid groups (broad SMARTS) is 1. The van der Waals surface area contributed by atoms with Crippen LogP contribution in [0.1, 0.15) is 5.56 Å². The molecule has 0 spiro atoms. The quantitative estimate of drug-likeness (QED) is 0.742. The zero-order chi connectivity index (χ0) is 12.7. The van der Waals surface area contributed by atoms with Gasteiger partial charge in [0.15, 0.2) is 0 Å². The summed E-state index contributed by atoms with van der Waals surface area (Å²) in [4.78, 5) is 21.9. The molecule has 0 radical (unpaired) electrons. The molecule has 90 valence electrons. The molecule has 2 N–H and O–H groups in total. The summed E-state index contributed by atoms with van der Waals surface area (Å²) in [6.45, 7) is -0.382. The second-order valence-corrected chi connectivity index (χ2v) is 3.82. The summed E-state index contributed by atoms with van der Waals surface area (Å²) in [5.74, 6) is -1.90. The molecule has 0 aliphatic rings. The first-order valence-corrected chi connectivity index (χ1v) is 5.59. The summed E-state index contributed by atoms with van der Waals surface area (Å²) in [7, 11) is 0. The lowest BCUT2D eigenvalue weighted by atomic mass is 10.0. The molecule has 0 bridgehead atoms. The molecule has 4 nitrogen and oxygen atoms in total. The lowest BCUT2D eigenvalue weighted by molar-refractivity contribution is -0.138. The minimum Gasteiger partial charge on any atom is -0.480 e. The average molecular weight is 251 g/mol. The Kier molecular flexibility index (Phi) is 5.29. The molecule has 0 fully saturated rings. The fourth-order valence-electron chi connectivity index (χ4n) is 1.36. The van der Waals surface area contributed by atoms with Gasteiger partial charge in [0.1, 0.15) is 6.54 Å². The van der Waals surface area contributed by atoms with Gasteiger partial charge >= 0.3 is 5.97 Å². The summed E-state index contributed by atoms with van der Waals surface area (Å²) < 4.78 is 0. The molecular formula is C12H13NO3S. The van der Waals surface area contributed by atoms with Gasteiger partial charge in [-0.15, -0.1) is 0 Å². The highest BCUT2D eigenvalue weighted by atomic mass is 32.1. The fraction of sp³-hybridized carbons (Fsp3) is 0.250. The van der Waals surface area contributed by atoms with Crippen LogP contribution in [0.25, 0.3) is 0 Å². The van der Waals surface area contributed by atoms with E-state index >= 15 is 0 Å². The second-order valence-electron chi connectivity index (χ2n) is 3.54. The molecule has 1 aromatic carbocycles. The van der Waals surface area contributed by atoms with E-state index in [1.54, 1.807) is 0 Å². The number of hydrogen-bond donors (Lipinski definition) is 2. The molecule has 1 rings (SSSR count). The van der Waals surface area contributed by atoms with Gasteiger partial charge in [-0.3, -0.25) is 9.59 Å². The van der Waals surface area contributed by atoms with Gasteiger partial charge in [-0.05, 0) is 17.4 Å². The van der Waals surface area contributed by atoms with E-state index < -0.39 is 11.9 Å². The van der Waals surface area contributed by atoms with E-state index in [4.69, 9.17) is 17.3 Å². The van der Waals surface area contributed by atoms with Gasteiger partial charge in [0.25, 0.3) is 0 Å². The van der Waals surface area contributed by atoms with Crippen molar-refractivity contribution >= 4 is 29.5 Å². The lowest BCUT2D eigenvalue weighted by Gasteiger charge is -2.11. The van der Waals surface area contributed by atoms with Gasteiger partial charge in [-0.1, -0.05) is 42.5 Å². The Labute approximate surface area is 105 Å². The summed E-state index contributed by atoms with van der Waals surface area (Å²) >= 11 is 4.80. The van der Waals surface area contributed by atoms with Crippen molar-refractivity contribution in [3.8, 4) is 0 Å². The highest BCUT2D eigenvalue weighted by molar-refractivity contribution is 7.79. The number of amides is 1. The Balaban J connectivity index is 2.56. The van der Waals surface area contributed by atoms with Gasteiger partial charge in [0, 0.05) is 0 Å². The first-order chi connectivity index (χ1) is 8.13. The zero-order valence-corrected chi connectivity index (χ0v) is 9.94. The third-order valence-electron chi connectivity index (χ3n) is 2.21. The van der Waals surface area contributed by atoms with E-state index in [0.717, 1.165) is 5.56 Å². The van der Waals surface area contributed by atoms with Crippen molar-refractivity contribution in [2.45, 2.75) is 6.42 Å². The molecule has 0 aromatic heterocycles. The van der Waals surface area contributed by atoms with Crippen molar-refractivity contribution in [3.63, 3.8) is 0 Å². The average Bonchev–Trinajstić information content (AvgIpc) is 2.34. The first kappa shape index (κ1) is 13.3. The predicted octanol–water partition coefficient (Wildman–Crippen LogP) is 1.05. The number of carboxylic acids is 1. The Hall–Kier alpha value is -1.75. The molecule has 5 heteroatoms. The Bertz CT molecular complexity index is 405. The van der Waals surface area contributed by atoms with E-state index in [-0.39, 0.29) is 12.5 Å². The SMILES string of the molecule is O=C(O)CNC(=O)[C@H](C=S)Cc1ccccc1. The van der Waals surface area contributed by atoms with Crippen molar-refractivity contribution in [2.75, 3.05) is 6.54 Å². The van der Waals surface area contributed by atoms with Crippen LogP contribution in [-0.4, -0.2) is 28.9 Å². The number of carbonyl (C=O) groups is 2. The van der Waals surface area contributed by atoms with Crippen LogP contribution in [0.5, 0.6) is 0 Å². The molecule has 0 aliphatic heterocycles. The van der Waals surface area contributed by atoms with Crippen molar-refractivity contribution in [2.24, 2.45) is 5.92 Å². The number of nitrogens with one attached hydrogen (secondary N) is 1. The topological polar surface area (TPSA) is 66.4 Å².